The van der Waals surface area contributed by atoms with E-state index in [0.29, 0.717) is 6.54 Å². The zero-order valence-corrected chi connectivity index (χ0v) is 14.0. The van der Waals surface area contributed by atoms with Crippen molar-refractivity contribution in [3.05, 3.63) is 84.6 Å². The smallest absolute Gasteiger partial charge is 0.0969 e. The minimum absolute atomic E-state index is 0.490. The highest BCUT2D eigenvalue weighted by Crippen LogP contribution is 2.27. The standard InChI is InChI=1S/C21H19N3O/c1-15-7-8-23-20-6-5-17(12-19(15)20)16-3-2-4-18(11-16)21(25)13-24-10-9-22-14-24/h2-12,14,21,25H,13H2,1H3. The first-order valence-electron chi connectivity index (χ1n) is 8.30. The lowest BCUT2D eigenvalue weighted by molar-refractivity contribution is 0.156. The van der Waals surface area contributed by atoms with Gasteiger partial charge in [-0.2, -0.15) is 0 Å². The minimum Gasteiger partial charge on any atom is -0.387 e. The van der Waals surface area contributed by atoms with E-state index in [1.807, 2.05) is 41.2 Å². The van der Waals surface area contributed by atoms with Crippen LogP contribution >= 0.6 is 0 Å². The molecular formula is C21H19N3O. The lowest BCUT2D eigenvalue weighted by Crippen LogP contribution is -2.07. The predicted octanol–water partition coefficient (Wildman–Crippen LogP) is 4.14. The van der Waals surface area contributed by atoms with Gasteiger partial charge in [-0.05, 0) is 53.4 Å². The molecule has 0 amide bonds. The number of aliphatic hydroxyl groups excluding tert-OH is 1. The van der Waals surface area contributed by atoms with Gasteiger partial charge in [-0.1, -0.05) is 24.3 Å². The van der Waals surface area contributed by atoms with Gasteiger partial charge >= 0.3 is 0 Å². The van der Waals surface area contributed by atoms with E-state index in [9.17, 15) is 5.11 Å². The fourth-order valence-corrected chi connectivity index (χ4v) is 3.09. The molecule has 4 nitrogen and oxygen atoms in total. The van der Waals surface area contributed by atoms with Crippen molar-refractivity contribution in [2.24, 2.45) is 0 Å². The van der Waals surface area contributed by atoms with Gasteiger partial charge in [-0.3, -0.25) is 4.98 Å². The van der Waals surface area contributed by atoms with E-state index in [2.05, 4.69) is 41.2 Å². The Hall–Kier alpha value is -2.98. The number of hydrogen-bond acceptors (Lipinski definition) is 3. The van der Waals surface area contributed by atoms with Crippen LogP contribution in [0.3, 0.4) is 0 Å². The average Bonchev–Trinajstić information content (AvgIpc) is 3.15. The van der Waals surface area contributed by atoms with Crippen LogP contribution < -0.4 is 0 Å². The highest BCUT2D eigenvalue weighted by molar-refractivity contribution is 5.86. The first-order valence-corrected chi connectivity index (χ1v) is 8.30. The molecule has 2 heterocycles. The molecule has 1 unspecified atom stereocenters. The normalized spacial score (nSPS) is 12.4. The Labute approximate surface area is 146 Å². The molecule has 25 heavy (non-hydrogen) atoms. The Balaban J connectivity index is 1.68. The van der Waals surface area contributed by atoms with E-state index in [0.717, 1.165) is 27.6 Å². The maximum atomic E-state index is 10.5. The molecule has 2 aromatic heterocycles. The topological polar surface area (TPSA) is 50.9 Å². The van der Waals surface area contributed by atoms with Gasteiger partial charge in [0.15, 0.2) is 0 Å². The van der Waals surface area contributed by atoms with Crippen LogP contribution in [-0.4, -0.2) is 19.6 Å². The monoisotopic (exact) mass is 329 g/mol. The molecule has 0 aliphatic rings. The van der Waals surface area contributed by atoms with Gasteiger partial charge in [-0.25, -0.2) is 4.98 Å². The van der Waals surface area contributed by atoms with Gasteiger partial charge in [0.25, 0.3) is 0 Å². The Morgan fingerprint density at radius 2 is 1.92 bits per heavy atom. The van der Waals surface area contributed by atoms with E-state index in [1.54, 1.807) is 12.5 Å². The predicted molar refractivity (Wildman–Crippen MR) is 99.1 cm³/mol. The quantitative estimate of drug-likeness (QED) is 0.612. The number of fused-ring (bicyclic) bond motifs is 1. The molecule has 0 saturated heterocycles. The third-order valence-corrected chi connectivity index (χ3v) is 4.51. The molecule has 4 aromatic rings. The summed E-state index contributed by atoms with van der Waals surface area (Å²) >= 11 is 0. The molecule has 124 valence electrons. The maximum Gasteiger partial charge on any atom is 0.0969 e. The zero-order chi connectivity index (χ0) is 17.2. The molecule has 1 N–H and O–H groups in total. The Morgan fingerprint density at radius 1 is 1.04 bits per heavy atom. The van der Waals surface area contributed by atoms with E-state index < -0.39 is 6.10 Å². The van der Waals surface area contributed by atoms with Crippen molar-refractivity contribution < 1.29 is 5.11 Å². The molecule has 0 bridgehead atoms. The molecule has 0 spiro atoms. The molecule has 0 saturated carbocycles. The highest BCUT2D eigenvalue weighted by Gasteiger charge is 2.10. The lowest BCUT2D eigenvalue weighted by atomic mass is 9.98. The van der Waals surface area contributed by atoms with Crippen molar-refractivity contribution >= 4 is 10.9 Å². The van der Waals surface area contributed by atoms with Crippen LogP contribution in [0.4, 0.5) is 0 Å². The van der Waals surface area contributed by atoms with Crippen molar-refractivity contribution in [2.45, 2.75) is 19.6 Å². The van der Waals surface area contributed by atoms with Crippen LogP contribution in [0, 0.1) is 6.92 Å². The van der Waals surface area contributed by atoms with Gasteiger partial charge < -0.3 is 9.67 Å². The minimum atomic E-state index is -0.571. The second-order valence-electron chi connectivity index (χ2n) is 6.26. The number of rotatable bonds is 4. The largest absolute Gasteiger partial charge is 0.387 e. The van der Waals surface area contributed by atoms with E-state index in [1.165, 1.54) is 5.56 Å². The molecule has 2 aromatic carbocycles. The molecule has 4 rings (SSSR count). The summed E-state index contributed by atoms with van der Waals surface area (Å²) in [5.74, 6) is 0. The Kier molecular flexibility index (Phi) is 4.04. The molecule has 0 fully saturated rings. The molecule has 0 aliphatic carbocycles. The molecule has 1 atom stereocenters. The summed E-state index contributed by atoms with van der Waals surface area (Å²) in [6.07, 6.45) is 6.55. The third kappa shape index (κ3) is 3.16. The average molecular weight is 329 g/mol. The number of hydrogen-bond donors (Lipinski definition) is 1. The van der Waals surface area contributed by atoms with Gasteiger partial charge in [-0.15, -0.1) is 0 Å². The summed E-state index contributed by atoms with van der Waals surface area (Å²) in [4.78, 5) is 8.43. The van der Waals surface area contributed by atoms with Gasteiger partial charge in [0.2, 0.25) is 0 Å². The summed E-state index contributed by atoms with van der Waals surface area (Å²) in [6, 6.07) is 16.4. The fourth-order valence-electron chi connectivity index (χ4n) is 3.09. The Morgan fingerprint density at radius 3 is 2.76 bits per heavy atom. The fraction of sp³-hybridized carbons (Fsp3) is 0.143. The summed E-state index contributed by atoms with van der Waals surface area (Å²) < 4.78 is 1.88. The summed E-state index contributed by atoms with van der Waals surface area (Å²) in [5.41, 5.74) is 5.32. The number of aryl methyl sites for hydroxylation is 1. The van der Waals surface area contributed by atoms with Crippen molar-refractivity contribution in [1.29, 1.82) is 0 Å². The summed E-state index contributed by atoms with van der Waals surface area (Å²) in [6.45, 7) is 2.59. The lowest BCUT2D eigenvalue weighted by Gasteiger charge is -2.13. The number of nitrogens with zero attached hydrogens (tertiary/aromatic N) is 3. The first-order chi connectivity index (χ1) is 12.2. The highest BCUT2D eigenvalue weighted by atomic mass is 16.3. The van der Waals surface area contributed by atoms with Crippen LogP contribution in [0.15, 0.2) is 73.4 Å². The number of aromatic nitrogens is 3. The number of imidazole rings is 1. The second-order valence-corrected chi connectivity index (χ2v) is 6.26. The van der Waals surface area contributed by atoms with Gasteiger partial charge in [0.05, 0.1) is 24.5 Å². The second kappa shape index (κ2) is 6.49. The van der Waals surface area contributed by atoms with Crippen LogP contribution in [-0.2, 0) is 6.54 Å². The summed E-state index contributed by atoms with van der Waals surface area (Å²) in [7, 11) is 0. The molecule has 0 aliphatic heterocycles. The van der Waals surface area contributed by atoms with E-state index in [-0.39, 0.29) is 0 Å². The van der Waals surface area contributed by atoms with Crippen LogP contribution in [0.1, 0.15) is 17.2 Å². The Bertz CT molecular complexity index is 1010. The van der Waals surface area contributed by atoms with Crippen molar-refractivity contribution in [3.63, 3.8) is 0 Å². The zero-order valence-electron chi connectivity index (χ0n) is 14.0. The summed E-state index contributed by atoms with van der Waals surface area (Å²) in [5, 5.41) is 11.7. The van der Waals surface area contributed by atoms with E-state index in [4.69, 9.17) is 0 Å². The molecule has 0 radical (unpaired) electrons. The van der Waals surface area contributed by atoms with Crippen molar-refractivity contribution in [3.8, 4) is 11.1 Å². The van der Waals surface area contributed by atoms with Crippen LogP contribution in [0.25, 0.3) is 22.0 Å². The number of pyridine rings is 1. The van der Waals surface area contributed by atoms with Crippen molar-refractivity contribution in [2.75, 3.05) is 0 Å². The van der Waals surface area contributed by atoms with E-state index >= 15 is 0 Å². The number of aliphatic hydroxyl groups is 1. The SMILES string of the molecule is Cc1ccnc2ccc(-c3cccc(C(O)Cn4ccnc4)c3)cc12. The van der Waals surface area contributed by atoms with Gasteiger partial charge in [0, 0.05) is 24.0 Å². The third-order valence-electron chi connectivity index (χ3n) is 4.51. The first kappa shape index (κ1) is 15.5. The van der Waals surface area contributed by atoms with Gasteiger partial charge in [0.1, 0.15) is 0 Å². The molecular weight excluding hydrogens is 310 g/mol. The maximum absolute atomic E-state index is 10.5. The molecule has 4 heteroatoms. The van der Waals surface area contributed by atoms with Crippen LogP contribution in [0.5, 0.6) is 0 Å². The number of benzene rings is 2. The van der Waals surface area contributed by atoms with Crippen molar-refractivity contribution in [1.82, 2.24) is 14.5 Å². The van der Waals surface area contributed by atoms with Crippen LogP contribution in [0.2, 0.25) is 0 Å².